The second kappa shape index (κ2) is 7.20. The first-order valence-electron chi connectivity index (χ1n) is 5.58. The largest absolute Gasteiger partial charge is 0.480 e. The number of urea groups is 1. The first-order valence-corrected chi connectivity index (χ1v) is 6.66. The standard InChI is InChI=1S/C12H15IN2O3/c1-2-4-10(11(16)17)15-12(18)14-9-6-3-5-8(13)7-9/h3,5-7,10H,2,4H2,1H3,(H,16,17)(H2,14,15,18)/t10-/m1/s1. The minimum Gasteiger partial charge on any atom is -0.480 e. The van der Waals surface area contributed by atoms with Crippen LogP contribution in [0.5, 0.6) is 0 Å². The first kappa shape index (κ1) is 14.7. The number of halogens is 1. The van der Waals surface area contributed by atoms with Gasteiger partial charge in [-0.3, -0.25) is 0 Å². The number of carbonyl (C=O) groups excluding carboxylic acids is 1. The van der Waals surface area contributed by atoms with E-state index in [0.29, 0.717) is 18.5 Å². The summed E-state index contributed by atoms with van der Waals surface area (Å²) in [5, 5.41) is 14.0. The molecule has 2 amide bonds. The monoisotopic (exact) mass is 362 g/mol. The van der Waals surface area contributed by atoms with Gasteiger partial charge in [-0.15, -0.1) is 0 Å². The van der Waals surface area contributed by atoms with Crippen LogP contribution in [0.4, 0.5) is 10.5 Å². The van der Waals surface area contributed by atoms with Crippen LogP contribution in [-0.4, -0.2) is 23.1 Å². The van der Waals surface area contributed by atoms with Gasteiger partial charge in [0, 0.05) is 9.26 Å². The number of amides is 2. The van der Waals surface area contributed by atoms with Crippen molar-refractivity contribution in [3.8, 4) is 0 Å². The third kappa shape index (κ3) is 4.91. The Balaban J connectivity index is 2.57. The number of hydrogen-bond donors (Lipinski definition) is 3. The molecule has 5 nitrogen and oxygen atoms in total. The third-order valence-corrected chi connectivity index (χ3v) is 2.93. The average molecular weight is 362 g/mol. The lowest BCUT2D eigenvalue weighted by atomic mass is 10.2. The summed E-state index contributed by atoms with van der Waals surface area (Å²) in [5.74, 6) is -1.02. The predicted molar refractivity (Wildman–Crippen MR) is 77.6 cm³/mol. The van der Waals surface area contributed by atoms with Crippen molar-refractivity contribution in [1.82, 2.24) is 5.32 Å². The highest BCUT2D eigenvalue weighted by atomic mass is 127. The molecular weight excluding hydrogens is 347 g/mol. The fourth-order valence-electron chi connectivity index (χ4n) is 1.44. The number of carboxylic acids is 1. The summed E-state index contributed by atoms with van der Waals surface area (Å²) in [4.78, 5) is 22.5. The van der Waals surface area contributed by atoms with Crippen LogP contribution in [0.1, 0.15) is 19.8 Å². The molecule has 0 fully saturated rings. The van der Waals surface area contributed by atoms with E-state index in [0.717, 1.165) is 3.57 Å². The topological polar surface area (TPSA) is 78.4 Å². The van der Waals surface area contributed by atoms with E-state index in [1.165, 1.54) is 0 Å². The number of carbonyl (C=O) groups is 2. The molecule has 0 aliphatic heterocycles. The van der Waals surface area contributed by atoms with Crippen LogP contribution in [0, 0.1) is 3.57 Å². The quantitative estimate of drug-likeness (QED) is 0.705. The lowest BCUT2D eigenvalue weighted by molar-refractivity contribution is -0.139. The van der Waals surface area contributed by atoms with Crippen molar-refractivity contribution < 1.29 is 14.7 Å². The number of nitrogens with one attached hydrogen (secondary N) is 2. The van der Waals surface area contributed by atoms with Crippen LogP contribution in [-0.2, 0) is 4.79 Å². The van der Waals surface area contributed by atoms with Gasteiger partial charge in [-0.1, -0.05) is 19.4 Å². The van der Waals surface area contributed by atoms with Gasteiger partial charge >= 0.3 is 12.0 Å². The van der Waals surface area contributed by atoms with Crippen LogP contribution < -0.4 is 10.6 Å². The summed E-state index contributed by atoms with van der Waals surface area (Å²) in [7, 11) is 0. The van der Waals surface area contributed by atoms with Crippen molar-refractivity contribution in [2.75, 3.05) is 5.32 Å². The van der Waals surface area contributed by atoms with Crippen LogP contribution >= 0.6 is 22.6 Å². The molecule has 3 N–H and O–H groups in total. The number of carboxylic acid groups (broad SMARTS) is 1. The molecule has 0 bridgehead atoms. The summed E-state index contributed by atoms with van der Waals surface area (Å²) in [6.07, 6.45) is 1.11. The molecule has 0 aliphatic rings. The Morgan fingerprint density at radius 2 is 2.17 bits per heavy atom. The summed E-state index contributed by atoms with van der Waals surface area (Å²) in [6.45, 7) is 1.87. The lowest BCUT2D eigenvalue weighted by Gasteiger charge is -2.14. The molecule has 0 aliphatic carbocycles. The van der Waals surface area contributed by atoms with Gasteiger partial charge in [-0.2, -0.15) is 0 Å². The second-order valence-electron chi connectivity index (χ2n) is 3.79. The molecule has 1 atom stereocenters. The van der Waals surface area contributed by atoms with Crippen LogP contribution in [0.2, 0.25) is 0 Å². The fourth-order valence-corrected chi connectivity index (χ4v) is 1.98. The van der Waals surface area contributed by atoms with E-state index in [-0.39, 0.29) is 0 Å². The van der Waals surface area contributed by atoms with Crippen molar-refractivity contribution in [3.05, 3.63) is 27.8 Å². The molecule has 0 saturated carbocycles. The fraction of sp³-hybridized carbons (Fsp3) is 0.333. The minimum absolute atomic E-state index is 0.412. The van der Waals surface area contributed by atoms with E-state index in [2.05, 4.69) is 33.2 Å². The normalized spacial score (nSPS) is 11.7. The maximum atomic E-state index is 11.6. The zero-order chi connectivity index (χ0) is 13.5. The number of rotatable bonds is 5. The maximum absolute atomic E-state index is 11.6. The second-order valence-corrected chi connectivity index (χ2v) is 5.03. The molecule has 0 spiro atoms. The Labute approximate surface area is 119 Å². The molecule has 0 radical (unpaired) electrons. The Morgan fingerprint density at radius 1 is 1.44 bits per heavy atom. The van der Waals surface area contributed by atoms with Crippen molar-refractivity contribution in [3.63, 3.8) is 0 Å². The first-order chi connectivity index (χ1) is 8.52. The van der Waals surface area contributed by atoms with Crippen molar-refractivity contribution >= 4 is 40.3 Å². The van der Waals surface area contributed by atoms with E-state index in [9.17, 15) is 9.59 Å². The zero-order valence-electron chi connectivity index (χ0n) is 9.94. The summed E-state index contributed by atoms with van der Waals surface area (Å²) < 4.78 is 0.994. The molecule has 1 aromatic carbocycles. The Bertz CT molecular complexity index is 437. The smallest absolute Gasteiger partial charge is 0.326 e. The molecule has 98 valence electrons. The van der Waals surface area contributed by atoms with Crippen LogP contribution in [0.3, 0.4) is 0 Å². The Kier molecular flexibility index (Phi) is 5.90. The highest BCUT2D eigenvalue weighted by Crippen LogP contribution is 2.12. The van der Waals surface area contributed by atoms with Crippen LogP contribution in [0.15, 0.2) is 24.3 Å². The van der Waals surface area contributed by atoms with Crippen LogP contribution in [0.25, 0.3) is 0 Å². The van der Waals surface area contributed by atoms with E-state index in [1.54, 1.807) is 12.1 Å². The highest BCUT2D eigenvalue weighted by molar-refractivity contribution is 14.1. The molecule has 0 saturated heterocycles. The van der Waals surface area contributed by atoms with Crippen molar-refractivity contribution in [2.45, 2.75) is 25.8 Å². The molecule has 6 heteroatoms. The number of aliphatic carboxylic acids is 1. The molecule has 0 unspecified atom stereocenters. The van der Waals surface area contributed by atoms with Gasteiger partial charge in [0.05, 0.1) is 0 Å². The van der Waals surface area contributed by atoms with E-state index < -0.39 is 18.0 Å². The number of anilines is 1. The van der Waals surface area contributed by atoms with Gasteiger partial charge in [0.1, 0.15) is 6.04 Å². The van der Waals surface area contributed by atoms with Gasteiger partial charge < -0.3 is 15.7 Å². The SMILES string of the molecule is CCC[C@@H](NC(=O)Nc1cccc(I)c1)C(=O)O. The third-order valence-electron chi connectivity index (χ3n) is 2.26. The van der Waals surface area contributed by atoms with E-state index >= 15 is 0 Å². The van der Waals surface area contributed by atoms with E-state index in [1.807, 2.05) is 19.1 Å². The molecule has 0 aromatic heterocycles. The van der Waals surface area contributed by atoms with Crippen molar-refractivity contribution in [2.24, 2.45) is 0 Å². The van der Waals surface area contributed by atoms with E-state index in [4.69, 9.17) is 5.11 Å². The number of hydrogen-bond acceptors (Lipinski definition) is 2. The average Bonchev–Trinajstić information content (AvgIpc) is 2.28. The summed E-state index contributed by atoms with van der Waals surface area (Å²) in [6, 6.07) is 5.92. The highest BCUT2D eigenvalue weighted by Gasteiger charge is 2.18. The van der Waals surface area contributed by atoms with Crippen molar-refractivity contribution in [1.29, 1.82) is 0 Å². The minimum atomic E-state index is -1.02. The molecule has 18 heavy (non-hydrogen) atoms. The van der Waals surface area contributed by atoms with Gasteiger partial charge in [-0.25, -0.2) is 9.59 Å². The van der Waals surface area contributed by atoms with Gasteiger partial charge in [0.25, 0.3) is 0 Å². The Morgan fingerprint density at radius 3 is 2.72 bits per heavy atom. The Hall–Kier alpha value is -1.31. The number of benzene rings is 1. The molecule has 1 rings (SSSR count). The maximum Gasteiger partial charge on any atom is 0.326 e. The summed E-state index contributed by atoms with van der Waals surface area (Å²) >= 11 is 2.14. The van der Waals surface area contributed by atoms with Gasteiger partial charge in [-0.05, 0) is 47.2 Å². The summed E-state index contributed by atoms with van der Waals surface area (Å²) in [5.41, 5.74) is 0.639. The van der Waals surface area contributed by atoms with Gasteiger partial charge in [0.15, 0.2) is 0 Å². The molecular formula is C12H15IN2O3. The lowest BCUT2D eigenvalue weighted by Crippen LogP contribution is -2.42. The molecule has 0 heterocycles. The molecule has 1 aromatic rings. The van der Waals surface area contributed by atoms with Gasteiger partial charge in [0.2, 0.25) is 0 Å². The zero-order valence-corrected chi connectivity index (χ0v) is 12.1. The predicted octanol–water partition coefficient (Wildman–Crippen LogP) is 2.67.